The summed E-state index contributed by atoms with van der Waals surface area (Å²) < 4.78 is 5.52. The zero-order valence-corrected chi connectivity index (χ0v) is 12.7. The summed E-state index contributed by atoms with van der Waals surface area (Å²) in [6.07, 6.45) is 11.0. The van der Waals surface area contributed by atoms with Crippen molar-refractivity contribution in [3.05, 3.63) is 11.7 Å². The lowest BCUT2D eigenvalue weighted by Gasteiger charge is -2.38. The lowest BCUT2D eigenvalue weighted by atomic mass is 9.68. The zero-order valence-electron chi connectivity index (χ0n) is 12.7. The summed E-state index contributed by atoms with van der Waals surface area (Å²) in [4.78, 5) is 7.31. The highest BCUT2D eigenvalue weighted by Gasteiger charge is 2.42. The highest BCUT2D eigenvalue weighted by Crippen LogP contribution is 2.47. The van der Waals surface area contributed by atoms with Crippen LogP contribution in [-0.4, -0.2) is 27.6 Å². The van der Waals surface area contributed by atoms with Gasteiger partial charge in [0.2, 0.25) is 5.89 Å². The van der Waals surface area contributed by atoms with E-state index in [2.05, 4.69) is 15.0 Å². The molecular weight excluding hydrogens is 262 g/mol. The summed E-state index contributed by atoms with van der Waals surface area (Å²) in [5.74, 6) is 5.56. The molecule has 5 aliphatic rings. The van der Waals surface area contributed by atoms with Gasteiger partial charge in [0.15, 0.2) is 5.82 Å². The van der Waals surface area contributed by atoms with E-state index >= 15 is 0 Å². The van der Waals surface area contributed by atoms with Gasteiger partial charge in [-0.05, 0) is 68.6 Å². The van der Waals surface area contributed by atoms with E-state index in [0.717, 1.165) is 54.4 Å². The minimum atomic E-state index is 0.778. The molecular formula is C17H25N3O. The largest absolute Gasteiger partial charge is 0.338 e. The molecule has 4 heteroatoms. The Morgan fingerprint density at radius 2 is 1.76 bits per heavy atom. The molecule has 0 radical (unpaired) electrons. The quantitative estimate of drug-likeness (QED) is 0.853. The van der Waals surface area contributed by atoms with Crippen molar-refractivity contribution in [2.24, 2.45) is 23.7 Å². The summed E-state index contributed by atoms with van der Waals surface area (Å²) in [6.45, 7) is 2.15. The molecule has 6 rings (SSSR count). The van der Waals surface area contributed by atoms with Gasteiger partial charge in [-0.3, -0.25) is 4.90 Å². The highest BCUT2D eigenvalue weighted by atomic mass is 16.5. The van der Waals surface area contributed by atoms with Gasteiger partial charge >= 0.3 is 0 Å². The molecule has 0 aromatic carbocycles. The number of hydrogen-bond acceptors (Lipinski definition) is 4. The van der Waals surface area contributed by atoms with Crippen LogP contribution in [0, 0.1) is 23.7 Å². The van der Waals surface area contributed by atoms with Crippen molar-refractivity contribution < 1.29 is 4.52 Å². The minimum absolute atomic E-state index is 0.778. The second-order valence-electron chi connectivity index (χ2n) is 8.11. The molecule has 0 amide bonds. The Labute approximate surface area is 126 Å². The maximum absolute atomic E-state index is 5.52. The topological polar surface area (TPSA) is 42.2 Å². The average Bonchev–Trinajstić information content (AvgIpc) is 3.18. The summed E-state index contributed by atoms with van der Waals surface area (Å²) in [6, 6.07) is 0.778. The third kappa shape index (κ3) is 2.52. The Morgan fingerprint density at radius 1 is 1.00 bits per heavy atom. The van der Waals surface area contributed by atoms with Gasteiger partial charge in [0.05, 0.1) is 6.54 Å². The van der Waals surface area contributed by atoms with Crippen molar-refractivity contribution in [3.63, 3.8) is 0 Å². The van der Waals surface area contributed by atoms with Crippen LogP contribution in [0.15, 0.2) is 4.52 Å². The molecule has 4 bridgehead atoms. The van der Waals surface area contributed by atoms with E-state index < -0.39 is 0 Å². The first kappa shape index (κ1) is 12.6. The summed E-state index contributed by atoms with van der Waals surface area (Å²) in [5.41, 5.74) is 0. The smallest absolute Gasteiger partial charge is 0.240 e. The van der Waals surface area contributed by atoms with Gasteiger partial charge < -0.3 is 4.52 Å². The van der Waals surface area contributed by atoms with Crippen LogP contribution in [-0.2, 0) is 13.0 Å². The highest BCUT2D eigenvalue weighted by molar-refractivity contribution is 4.98. The van der Waals surface area contributed by atoms with Gasteiger partial charge in [-0.1, -0.05) is 5.16 Å². The average molecular weight is 287 g/mol. The first-order valence-corrected chi connectivity index (χ1v) is 8.87. The van der Waals surface area contributed by atoms with Gasteiger partial charge in [0.1, 0.15) is 0 Å². The lowest BCUT2D eigenvalue weighted by molar-refractivity contribution is 0.114. The molecule has 2 aliphatic heterocycles. The molecule has 0 N–H and O–H groups in total. The molecule has 5 fully saturated rings. The second-order valence-corrected chi connectivity index (χ2v) is 8.11. The van der Waals surface area contributed by atoms with E-state index in [4.69, 9.17) is 4.52 Å². The van der Waals surface area contributed by atoms with Crippen molar-refractivity contribution in [1.82, 2.24) is 15.0 Å². The SMILES string of the molecule is C1CC1Cc1noc(CN2CC3C[C@@H]4CC2C[C@H](C3)C4)n1. The number of aromatic nitrogens is 2. The fourth-order valence-corrected chi connectivity index (χ4v) is 5.27. The lowest BCUT2D eigenvalue weighted by Crippen LogP contribution is -2.37. The molecule has 0 spiro atoms. The van der Waals surface area contributed by atoms with Crippen LogP contribution < -0.4 is 0 Å². The van der Waals surface area contributed by atoms with Crippen molar-refractivity contribution in [3.8, 4) is 0 Å². The van der Waals surface area contributed by atoms with Crippen LogP contribution in [0.2, 0.25) is 0 Å². The Kier molecular flexibility index (Phi) is 2.89. The van der Waals surface area contributed by atoms with Crippen LogP contribution in [0.5, 0.6) is 0 Å². The number of hydrogen-bond donors (Lipinski definition) is 0. The van der Waals surface area contributed by atoms with E-state index in [9.17, 15) is 0 Å². The molecule has 2 saturated heterocycles. The van der Waals surface area contributed by atoms with E-state index in [1.165, 1.54) is 51.5 Å². The first-order chi connectivity index (χ1) is 10.3. The fraction of sp³-hybridized carbons (Fsp3) is 0.882. The molecule has 2 unspecified atom stereocenters. The standard InChI is InChI=1S/C17H25N3O/c1-2-11(1)8-16-18-17(21-19-16)10-20-9-14-4-12-3-13(5-14)7-15(20)6-12/h11-15H,1-10H2/t12-,13+,14?,15?. The minimum Gasteiger partial charge on any atom is -0.338 e. The molecule has 1 aromatic rings. The molecule has 3 aliphatic carbocycles. The second kappa shape index (κ2) is 4.80. The van der Waals surface area contributed by atoms with Gasteiger partial charge in [0.25, 0.3) is 0 Å². The normalized spacial score (nSPS) is 38.9. The van der Waals surface area contributed by atoms with Gasteiger partial charge in [0, 0.05) is 19.0 Å². The van der Waals surface area contributed by atoms with E-state index in [1.807, 2.05) is 0 Å². The Balaban J connectivity index is 1.30. The fourth-order valence-electron chi connectivity index (χ4n) is 5.27. The van der Waals surface area contributed by atoms with E-state index in [1.54, 1.807) is 0 Å². The van der Waals surface area contributed by atoms with Crippen LogP contribution in [0.4, 0.5) is 0 Å². The van der Waals surface area contributed by atoms with Gasteiger partial charge in [-0.15, -0.1) is 0 Å². The number of rotatable bonds is 4. The third-order valence-electron chi connectivity index (χ3n) is 6.24. The zero-order chi connectivity index (χ0) is 13.8. The summed E-state index contributed by atoms with van der Waals surface area (Å²) in [7, 11) is 0. The van der Waals surface area contributed by atoms with Crippen LogP contribution in [0.25, 0.3) is 0 Å². The first-order valence-electron chi connectivity index (χ1n) is 8.87. The molecule has 114 valence electrons. The number of fused-ring (bicyclic) bond motifs is 1. The molecule has 1 aromatic heterocycles. The maximum atomic E-state index is 5.52. The molecule has 4 atom stereocenters. The summed E-state index contributed by atoms with van der Waals surface area (Å²) >= 11 is 0. The Hall–Kier alpha value is -0.900. The van der Waals surface area contributed by atoms with Gasteiger partial charge in [-0.2, -0.15) is 4.98 Å². The van der Waals surface area contributed by atoms with Crippen molar-refractivity contribution >= 4 is 0 Å². The van der Waals surface area contributed by atoms with E-state index in [-0.39, 0.29) is 0 Å². The van der Waals surface area contributed by atoms with Crippen molar-refractivity contribution in [2.75, 3.05) is 6.54 Å². The molecule has 3 saturated carbocycles. The van der Waals surface area contributed by atoms with Crippen molar-refractivity contribution in [1.29, 1.82) is 0 Å². The predicted octanol–water partition coefficient (Wildman–Crippen LogP) is 3.03. The molecule has 4 nitrogen and oxygen atoms in total. The molecule has 3 heterocycles. The maximum Gasteiger partial charge on any atom is 0.240 e. The number of nitrogens with zero attached hydrogens (tertiary/aromatic N) is 3. The van der Waals surface area contributed by atoms with Crippen LogP contribution in [0.1, 0.15) is 56.7 Å². The molecule has 21 heavy (non-hydrogen) atoms. The third-order valence-corrected chi connectivity index (χ3v) is 6.24. The van der Waals surface area contributed by atoms with Crippen molar-refractivity contribution in [2.45, 2.75) is 64.0 Å². The Bertz CT molecular complexity index is 510. The Morgan fingerprint density at radius 3 is 2.52 bits per heavy atom. The van der Waals surface area contributed by atoms with E-state index in [0.29, 0.717) is 0 Å². The van der Waals surface area contributed by atoms with Gasteiger partial charge in [-0.25, -0.2) is 0 Å². The summed E-state index contributed by atoms with van der Waals surface area (Å²) in [5, 5.41) is 4.18. The van der Waals surface area contributed by atoms with Crippen LogP contribution >= 0.6 is 0 Å². The predicted molar refractivity (Wildman–Crippen MR) is 78.5 cm³/mol. The monoisotopic (exact) mass is 287 g/mol. The van der Waals surface area contributed by atoms with Crippen LogP contribution in [0.3, 0.4) is 0 Å².